The number of aromatic nitrogens is 2. The predicted molar refractivity (Wildman–Crippen MR) is 53.8 cm³/mol. The molecule has 13 heavy (non-hydrogen) atoms. The lowest BCUT2D eigenvalue weighted by Crippen LogP contribution is -2.29. The van der Waals surface area contributed by atoms with Gasteiger partial charge in [0.25, 0.3) is 0 Å². The van der Waals surface area contributed by atoms with E-state index in [1.54, 1.807) is 0 Å². The smallest absolute Gasteiger partial charge is 0.0772 e. The zero-order valence-electron chi connectivity index (χ0n) is 8.08. The molecule has 0 bridgehead atoms. The first-order chi connectivity index (χ1) is 6.33. The van der Waals surface area contributed by atoms with Gasteiger partial charge in [-0.1, -0.05) is 10.9 Å². The number of nitrogens with zero attached hydrogens (tertiary/aromatic N) is 2. The summed E-state index contributed by atoms with van der Waals surface area (Å²) in [6.07, 6.45) is 4.08. The third-order valence-electron chi connectivity index (χ3n) is 2.90. The molecule has 0 aromatic carbocycles. The molecule has 2 rings (SSSR count). The van der Waals surface area contributed by atoms with Crippen LogP contribution in [0, 0.1) is 12.8 Å². The van der Waals surface area contributed by atoms with Crippen molar-refractivity contribution < 1.29 is 0 Å². The summed E-state index contributed by atoms with van der Waals surface area (Å²) in [6.45, 7) is 2.04. The topological polar surface area (TPSA) is 37.8 Å². The fourth-order valence-electron chi connectivity index (χ4n) is 1.88. The summed E-state index contributed by atoms with van der Waals surface area (Å²) in [7, 11) is 2.03. The number of nitrogens with one attached hydrogen (secondary N) is 1. The Morgan fingerprint density at radius 3 is 2.69 bits per heavy atom. The van der Waals surface area contributed by atoms with Crippen molar-refractivity contribution in [3.8, 4) is 0 Å². The van der Waals surface area contributed by atoms with Gasteiger partial charge in [-0.25, -0.2) is 0 Å². The van der Waals surface area contributed by atoms with E-state index >= 15 is 0 Å². The van der Waals surface area contributed by atoms with Gasteiger partial charge in [0.1, 0.15) is 0 Å². The second-order valence-electron chi connectivity index (χ2n) is 3.68. The molecule has 1 aromatic heterocycles. The molecule has 0 saturated heterocycles. The van der Waals surface area contributed by atoms with E-state index < -0.39 is 0 Å². The molecule has 0 aliphatic heterocycles. The van der Waals surface area contributed by atoms with Crippen LogP contribution in [0.5, 0.6) is 0 Å². The lowest BCUT2D eigenvalue weighted by Gasteiger charge is -2.32. The average Bonchev–Trinajstić information content (AvgIpc) is 2.43. The first kappa shape index (κ1) is 9.09. The third kappa shape index (κ3) is 1.60. The maximum atomic E-state index is 4.05. The molecule has 4 heteroatoms. The van der Waals surface area contributed by atoms with E-state index in [1.165, 1.54) is 35.7 Å². The molecule has 1 unspecified atom stereocenters. The minimum absolute atomic E-state index is 0.494. The Balaban J connectivity index is 2.16. The highest BCUT2D eigenvalue weighted by molar-refractivity contribution is 7.05. The molecule has 1 saturated carbocycles. The van der Waals surface area contributed by atoms with Gasteiger partial charge in [-0.05, 0) is 44.3 Å². The van der Waals surface area contributed by atoms with Crippen molar-refractivity contribution in [2.45, 2.75) is 32.2 Å². The normalized spacial score (nSPS) is 19.8. The zero-order valence-corrected chi connectivity index (χ0v) is 8.90. The van der Waals surface area contributed by atoms with Crippen LogP contribution in [0.1, 0.15) is 35.9 Å². The quantitative estimate of drug-likeness (QED) is 0.804. The lowest BCUT2D eigenvalue weighted by molar-refractivity contribution is 0.241. The van der Waals surface area contributed by atoms with E-state index in [0.717, 1.165) is 11.6 Å². The van der Waals surface area contributed by atoms with Crippen LogP contribution in [0.25, 0.3) is 0 Å². The van der Waals surface area contributed by atoms with Gasteiger partial charge in [0.15, 0.2) is 0 Å². The largest absolute Gasteiger partial charge is 0.312 e. The SMILES string of the molecule is CNC(c1snnc1C)C1CCC1. The molecule has 1 atom stereocenters. The van der Waals surface area contributed by atoms with Crippen molar-refractivity contribution in [2.24, 2.45) is 5.92 Å². The van der Waals surface area contributed by atoms with Crippen molar-refractivity contribution in [3.05, 3.63) is 10.6 Å². The van der Waals surface area contributed by atoms with Crippen LogP contribution in [0.15, 0.2) is 0 Å². The summed E-state index contributed by atoms with van der Waals surface area (Å²) in [6, 6.07) is 0.494. The summed E-state index contributed by atoms with van der Waals surface area (Å²) >= 11 is 1.54. The van der Waals surface area contributed by atoms with E-state index in [4.69, 9.17) is 0 Å². The molecular weight excluding hydrogens is 182 g/mol. The monoisotopic (exact) mass is 197 g/mol. The highest BCUT2D eigenvalue weighted by Crippen LogP contribution is 2.39. The number of aryl methyl sites for hydroxylation is 1. The Kier molecular flexibility index (Phi) is 2.60. The molecule has 0 spiro atoms. The highest BCUT2D eigenvalue weighted by Gasteiger charge is 2.29. The molecule has 1 heterocycles. The van der Waals surface area contributed by atoms with Gasteiger partial charge in [0.05, 0.1) is 10.6 Å². The van der Waals surface area contributed by atoms with Gasteiger partial charge in [0, 0.05) is 6.04 Å². The number of hydrogen-bond acceptors (Lipinski definition) is 4. The van der Waals surface area contributed by atoms with Crippen molar-refractivity contribution in [3.63, 3.8) is 0 Å². The van der Waals surface area contributed by atoms with Gasteiger partial charge in [-0.15, -0.1) is 5.10 Å². The maximum Gasteiger partial charge on any atom is 0.0772 e. The van der Waals surface area contributed by atoms with Crippen LogP contribution in [-0.2, 0) is 0 Å². The molecule has 0 radical (unpaired) electrons. The van der Waals surface area contributed by atoms with E-state index in [0.29, 0.717) is 6.04 Å². The zero-order chi connectivity index (χ0) is 9.26. The Morgan fingerprint density at radius 1 is 1.54 bits per heavy atom. The van der Waals surface area contributed by atoms with Crippen molar-refractivity contribution >= 4 is 11.5 Å². The second-order valence-corrected chi connectivity index (χ2v) is 4.47. The van der Waals surface area contributed by atoms with Gasteiger partial charge in [-0.2, -0.15) is 0 Å². The van der Waals surface area contributed by atoms with Crippen LogP contribution >= 0.6 is 11.5 Å². The molecule has 1 aromatic rings. The van der Waals surface area contributed by atoms with Gasteiger partial charge in [0.2, 0.25) is 0 Å². The summed E-state index contributed by atoms with van der Waals surface area (Å²) in [5.74, 6) is 0.811. The second kappa shape index (κ2) is 3.72. The fraction of sp³-hybridized carbons (Fsp3) is 0.778. The molecule has 1 fully saturated rings. The van der Waals surface area contributed by atoms with E-state index in [2.05, 4.69) is 14.9 Å². The minimum atomic E-state index is 0.494. The number of rotatable bonds is 3. The first-order valence-electron chi connectivity index (χ1n) is 4.79. The van der Waals surface area contributed by atoms with Crippen molar-refractivity contribution in [1.29, 1.82) is 0 Å². The Labute approximate surface area is 82.7 Å². The number of hydrogen-bond donors (Lipinski definition) is 1. The lowest BCUT2D eigenvalue weighted by atomic mass is 9.79. The molecule has 1 N–H and O–H groups in total. The Hall–Kier alpha value is -0.480. The summed E-state index contributed by atoms with van der Waals surface area (Å²) < 4.78 is 3.98. The Morgan fingerprint density at radius 2 is 2.31 bits per heavy atom. The highest BCUT2D eigenvalue weighted by atomic mass is 32.1. The molecular formula is C9H15N3S. The van der Waals surface area contributed by atoms with Crippen LogP contribution in [0.3, 0.4) is 0 Å². The van der Waals surface area contributed by atoms with Gasteiger partial charge >= 0.3 is 0 Å². The summed E-state index contributed by atoms with van der Waals surface area (Å²) in [5.41, 5.74) is 1.09. The molecule has 0 amide bonds. The van der Waals surface area contributed by atoms with Crippen LogP contribution in [0.4, 0.5) is 0 Å². The molecule has 72 valence electrons. The van der Waals surface area contributed by atoms with E-state index in [1.807, 2.05) is 14.0 Å². The van der Waals surface area contributed by atoms with Crippen LogP contribution in [-0.4, -0.2) is 16.6 Å². The van der Waals surface area contributed by atoms with Crippen LogP contribution in [0.2, 0.25) is 0 Å². The third-order valence-corrected chi connectivity index (χ3v) is 3.81. The van der Waals surface area contributed by atoms with Gasteiger partial charge in [-0.3, -0.25) is 0 Å². The van der Waals surface area contributed by atoms with Crippen molar-refractivity contribution in [2.75, 3.05) is 7.05 Å². The standard InChI is InChI=1S/C9H15N3S/c1-6-9(13-12-11-6)8(10-2)7-4-3-5-7/h7-8,10H,3-5H2,1-2H3. The molecule has 3 nitrogen and oxygen atoms in total. The summed E-state index contributed by atoms with van der Waals surface area (Å²) in [5, 5.41) is 7.43. The molecule has 1 aliphatic rings. The van der Waals surface area contributed by atoms with E-state index in [-0.39, 0.29) is 0 Å². The average molecular weight is 197 g/mol. The predicted octanol–water partition coefficient (Wildman–Crippen LogP) is 1.91. The maximum absolute atomic E-state index is 4.05. The summed E-state index contributed by atoms with van der Waals surface area (Å²) in [4.78, 5) is 1.33. The Bertz CT molecular complexity index is 280. The van der Waals surface area contributed by atoms with Crippen LogP contribution < -0.4 is 5.32 Å². The fourth-order valence-corrected chi connectivity index (χ4v) is 2.72. The molecule has 1 aliphatic carbocycles. The van der Waals surface area contributed by atoms with Gasteiger partial charge < -0.3 is 5.32 Å². The first-order valence-corrected chi connectivity index (χ1v) is 5.56. The minimum Gasteiger partial charge on any atom is -0.312 e. The van der Waals surface area contributed by atoms with E-state index in [9.17, 15) is 0 Å². The van der Waals surface area contributed by atoms with Crippen molar-refractivity contribution in [1.82, 2.24) is 14.9 Å².